The van der Waals surface area contributed by atoms with Crippen LogP contribution in [0.1, 0.15) is 18.4 Å². The fourth-order valence-corrected chi connectivity index (χ4v) is 2.54. The van der Waals surface area contributed by atoms with Crippen molar-refractivity contribution < 1.29 is 22.7 Å². The van der Waals surface area contributed by atoms with Crippen LogP contribution in [0.5, 0.6) is 0 Å². The molecule has 1 fully saturated rings. The molecule has 1 atom stereocenters. The highest BCUT2D eigenvalue weighted by molar-refractivity contribution is 14.1. The summed E-state index contributed by atoms with van der Waals surface area (Å²) in [4.78, 5) is 11.5. The standard InChI is InChI=1S/C14H9F3INO2/c15-14(16,17)13(6-5-8-1-2-8)10-7-9(18)3-4-11(10)19-12(20)21-13/h3-4,7-8H,1-2H2,(H,19,20)/t13-/m0/s1. The monoisotopic (exact) mass is 407 g/mol. The van der Waals surface area contributed by atoms with Crippen LogP contribution in [0.25, 0.3) is 0 Å². The first-order valence-electron chi connectivity index (χ1n) is 6.21. The normalized spacial score (nSPS) is 24.3. The molecular weight excluding hydrogens is 398 g/mol. The van der Waals surface area contributed by atoms with E-state index in [1.807, 2.05) is 22.6 Å². The zero-order valence-corrected chi connectivity index (χ0v) is 12.7. The summed E-state index contributed by atoms with van der Waals surface area (Å²) < 4.78 is 46.2. The number of cyclic esters (lactones) is 1. The molecule has 1 heterocycles. The Bertz CT molecular complexity index is 673. The van der Waals surface area contributed by atoms with E-state index in [9.17, 15) is 18.0 Å². The Labute approximate surface area is 132 Å². The van der Waals surface area contributed by atoms with Crippen LogP contribution in [0.15, 0.2) is 18.2 Å². The Hall–Kier alpha value is -1.43. The summed E-state index contributed by atoms with van der Waals surface area (Å²) in [5.74, 6) is 4.73. The number of amides is 1. The van der Waals surface area contributed by atoms with E-state index in [1.165, 1.54) is 12.1 Å². The Morgan fingerprint density at radius 2 is 2.10 bits per heavy atom. The number of carbonyl (C=O) groups excluding carboxylic acids is 1. The molecule has 2 aliphatic rings. The average Bonchev–Trinajstić information content (AvgIpc) is 3.19. The Morgan fingerprint density at radius 1 is 1.38 bits per heavy atom. The van der Waals surface area contributed by atoms with Crippen molar-refractivity contribution in [3.05, 3.63) is 27.3 Å². The first-order valence-corrected chi connectivity index (χ1v) is 7.29. The van der Waals surface area contributed by atoms with E-state index in [1.54, 1.807) is 6.07 Å². The number of anilines is 1. The highest BCUT2D eigenvalue weighted by Gasteiger charge is 2.62. The predicted octanol–water partition coefficient (Wildman–Crippen LogP) is 4.02. The molecule has 0 unspecified atom stereocenters. The second-order valence-corrected chi connectivity index (χ2v) is 6.17. The van der Waals surface area contributed by atoms with Crippen molar-refractivity contribution in [3.63, 3.8) is 0 Å². The molecule has 0 aromatic heterocycles. The molecule has 1 aliphatic carbocycles. The molecule has 1 aromatic rings. The second-order valence-electron chi connectivity index (χ2n) is 4.93. The predicted molar refractivity (Wildman–Crippen MR) is 77.5 cm³/mol. The molecule has 1 saturated carbocycles. The summed E-state index contributed by atoms with van der Waals surface area (Å²) in [6.07, 6.45) is -4.39. The van der Waals surface area contributed by atoms with Crippen molar-refractivity contribution in [1.29, 1.82) is 0 Å². The number of hydrogen-bond donors (Lipinski definition) is 1. The van der Waals surface area contributed by atoms with Gasteiger partial charge in [-0.05, 0) is 59.6 Å². The van der Waals surface area contributed by atoms with Gasteiger partial charge < -0.3 is 4.74 Å². The van der Waals surface area contributed by atoms with E-state index in [0.717, 1.165) is 12.8 Å². The third-order valence-corrected chi connectivity index (χ3v) is 3.94. The molecule has 0 saturated heterocycles. The fourth-order valence-electron chi connectivity index (χ4n) is 2.05. The molecule has 7 heteroatoms. The van der Waals surface area contributed by atoms with E-state index in [0.29, 0.717) is 3.57 Å². The number of hydrogen-bond acceptors (Lipinski definition) is 2. The molecule has 0 radical (unpaired) electrons. The van der Waals surface area contributed by atoms with E-state index in [2.05, 4.69) is 21.9 Å². The van der Waals surface area contributed by atoms with E-state index in [-0.39, 0.29) is 17.2 Å². The van der Waals surface area contributed by atoms with Crippen LogP contribution in [-0.4, -0.2) is 12.3 Å². The van der Waals surface area contributed by atoms with E-state index >= 15 is 0 Å². The number of alkyl halides is 3. The second kappa shape index (κ2) is 4.80. The fraction of sp³-hybridized carbons (Fsp3) is 0.357. The van der Waals surface area contributed by atoms with Crippen molar-refractivity contribution in [2.75, 3.05) is 5.32 Å². The van der Waals surface area contributed by atoms with Gasteiger partial charge in [-0.15, -0.1) is 0 Å². The molecule has 1 aromatic carbocycles. The van der Waals surface area contributed by atoms with Crippen molar-refractivity contribution in [2.24, 2.45) is 5.92 Å². The molecule has 1 amide bonds. The highest BCUT2D eigenvalue weighted by atomic mass is 127. The van der Waals surface area contributed by atoms with Crippen LogP contribution in [0.2, 0.25) is 0 Å². The highest BCUT2D eigenvalue weighted by Crippen LogP contribution is 2.47. The van der Waals surface area contributed by atoms with Crippen molar-refractivity contribution in [1.82, 2.24) is 0 Å². The summed E-state index contributed by atoms with van der Waals surface area (Å²) in [6, 6.07) is 4.38. The molecule has 1 aliphatic heterocycles. The Morgan fingerprint density at radius 3 is 2.71 bits per heavy atom. The first-order chi connectivity index (χ1) is 9.82. The lowest BCUT2D eigenvalue weighted by molar-refractivity contribution is -0.239. The van der Waals surface area contributed by atoms with Gasteiger partial charge in [0.25, 0.3) is 5.60 Å². The van der Waals surface area contributed by atoms with Crippen LogP contribution >= 0.6 is 22.6 Å². The van der Waals surface area contributed by atoms with Gasteiger partial charge in [0, 0.05) is 15.1 Å². The zero-order chi connectivity index (χ0) is 15.3. The van der Waals surface area contributed by atoms with Gasteiger partial charge in [-0.2, -0.15) is 13.2 Å². The summed E-state index contributed by atoms with van der Waals surface area (Å²) in [5, 5.41) is 2.28. The van der Waals surface area contributed by atoms with Crippen LogP contribution in [-0.2, 0) is 10.3 Å². The van der Waals surface area contributed by atoms with Gasteiger partial charge in [0.15, 0.2) is 0 Å². The number of benzene rings is 1. The summed E-state index contributed by atoms with van der Waals surface area (Å²) >= 11 is 1.91. The zero-order valence-electron chi connectivity index (χ0n) is 10.6. The van der Waals surface area contributed by atoms with Gasteiger partial charge in [-0.25, -0.2) is 4.79 Å². The first kappa shape index (κ1) is 14.5. The van der Waals surface area contributed by atoms with Crippen molar-refractivity contribution in [3.8, 4) is 11.8 Å². The largest absolute Gasteiger partial charge is 0.445 e. The van der Waals surface area contributed by atoms with Crippen LogP contribution in [0.3, 0.4) is 0 Å². The van der Waals surface area contributed by atoms with Crippen molar-refractivity contribution >= 4 is 34.4 Å². The molecule has 3 nitrogen and oxygen atoms in total. The molecule has 21 heavy (non-hydrogen) atoms. The molecule has 110 valence electrons. The van der Waals surface area contributed by atoms with E-state index in [4.69, 9.17) is 0 Å². The van der Waals surface area contributed by atoms with Crippen LogP contribution < -0.4 is 5.32 Å². The lowest BCUT2D eigenvalue weighted by atomic mass is 9.90. The Kier molecular flexibility index (Phi) is 3.31. The van der Waals surface area contributed by atoms with Gasteiger partial charge in [0.05, 0.1) is 5.69 Å². The topological polar surface area (TPSA) is 38.3 Å². The number of fused-ring (bicyclic) bond motifs is 1. The number of carbonyl (C=O) groups is 1. The minimum Gasteiger partial charge on any atom is -0.415 e. The van der Waals surface area contributed by atoms with Crippen LogP contribution in [0.4, 0.5) is 23.7 Å². The van der Waals surface area contributed by atoms with E-state index < -0.39 is 17.9 Å². The van der Waals surface area contributed by atoms with Crippen molar-refractivity contribution in [2.45, 2.75) is 24.6 Å². The maximum atomic E-state index is 13.6. The minimum atomic E-state index is -4.81. The number of nitrogens with one attached hydrogen (secondary N) is 1. The third kappa shape index (κ3) is 2.57. The Balaban J connectivity index is 2.22. The third-order valence-electron chi connectivity index (χ3n) is 3.27. The summed E-state index contributed by atoms with van der Waals surface area (Å²) in [5.41, 5.74) is -2.99. The quantitative estimate of drug-likeness (QED) is 0.521. The summed E-state index contributed by atoms with van der Waals surface area (Å²) in [6.45, 7) is 0. The van der Waals surface area contributed by atoms with Gasteiger partial charge >= 0.3 is 12.3 Å². The smallest absolute Gasteiger partial charge is 0.415 e. The van der Waals surface area contributed by atoms with Gasteiger partial charge in [-0.3, -0.25) is 5.32 Å². The van der Waals surface area contributed by atoms with Gasteiger partial charge in [0.1, 0.15) is 0 Å². The lowest BCUT2D eigenvalue weighted by Crippen LogP contribution is -2.49. The number of ether oxygens (including phenoxy) is 1. The minimum absolute atomic E-state index is 0.0379. The van der Waals surface area contributed by atoms with Gasteiger partial charge in [-0.1, -0.05) is 5.92 Å². The molecule has 1 N–H and O–H groups in total. The van der Waals surface area contributed by atoms with Gasteiger partial charge in [0.2, 0.25) is 0 Å². The number of rotatable bonds is 0. The molecular formula is C14H9F3INO2. The maximum Gasteiger partial charge on any atom is 0.445 e. The average molecular weight is 407 g/mol. The molecule has 0 spiro atoms. The SMILES string of the molecule is O=C1Nc2ccc(I)cc2[C@@](C#CC2CC2)(C(F)(F)F)O1. The lowest BCUT2D eigenvalue weighted by Gasteiger charge is -2.35. The van der Waals surface area contributed by atoms with Crippen LogP contribution in [0, 0.1) is 21.3 Å². The number of halogens is 4. The summed E-state index contributed by atoms with van der Waals surface area (Å²) in [7, 11) is 0. The molecule has 3 rings (SSSR count). The maximum absolute atomic E-state index is 13.6. The molecule has 0 bridgehead atoms.